The van der Waals surface area contributed by atoms with Crippen LogP contribution in [0, 0.1) is 11.8 Å². The quantitative estimate of drug-likeness (QED) is 0.891. The Morgan fingerprint density at radius 2 is 1.70 bits per heavy atom. The summed E-state index contributed by atoms with van der Waals surface area (Å²) < 4.78 is 26.4. The molecule has 6 heteroatoms. The fourth-order valence-electron chi connectivity index (χ4n) is 3.68. The van der Waals surface area contributed by atoms with Crippen molar-refractivity contribution in [3.8, 4) is 0 Å². The van der Waals surface area contributed by atoms with Crippen molar-refractivity contribution in [2.75, 3.05) is 18.8 Å². The first-order chi connectivity index (χ1) is 11.0. The van der Waals surface area contributed by atoms with Gasteiger partial charge < -0.3 is 5.11 Å². The normalized spacial score (nSPS) is 20.5. The third-order valence-corrected chi connectivity index (χ3v) is 7.02. The van der Waals surface area contributed by atoms with Crippen LogP contribution in [0.2, 0.25) is 0 Å². The number of sulfonamides is 1. The van der Waals surface area contributed by atoms with Crippen LogP contribution in [-0.2, 0) is 27.7 Å². The summed E-state index contributed by atoms with van der Waals surface area (Å²) in [5.74, 6) is -0.640. The van der Waals surface area contributed by atoms with E-state index in [1.165, 1.54) is 15.4 Å². The molecule has 1 saturated heterocycles. The van der Waals surface area contributed by atoms with E-state index in [2.05, 4.69) is 12.1 Å². The fourth-order valence-corrected chi connectivity index (χ4v) is 5.34. The van der Waals surface area contributed by atoms with Crippen molar-refractivity contribution in [1.82, 2.24) is 4.31 Å². The molecule has 0 unspecified atom stereocenters. The summed E-state index contributed by atoms with van der Waals surface area (Å²) in [6.45, 7) is 0.675. The van der Waals surface area contributed by atoms with Crippen molar-refractivity contribution in [3.63, 3.8) is 0 Å². The van der Waals surface area contributed by atoms with Crippen LogP contribution >= 0.6 is 0 Å². The molecule has 0 spiro atoms. The lowest BCUT2D eigenvalue weighted by molar-refractivity contribution is -0.142. The highest BCUT2D eigenvalue weighted by Gasteiger charge is 2.31. The minimum Gasteiger partial charge on any atom is -0.481 e. The van der Waals surface area contributed by atoms with Crippen molar-refractivity contribution in [2.24, 2.45) is 11.8 Å². The first-order valence-corrected chi connectivity index (χ1v) is 9.84. The van der Waals surface area contributed by atoms with E-state index in [1.807, 2.05) is 12.1 Å². The van der Waals surface area contributed by atoms with Gasteiger partial charge in [-0.15, -0.1) is 0 Å². The predicted molar refractivity (Wildman–Crippen MR) is 87.7 cm³/mol. The standard InChI is InChI=1S/C17H23NO4S/c19-17(20)14-5-8-18(9-6-14)23(21,22)10-7-13-11-15-3-1-2-4-16(15)12-13/h1-4,13-14H,5-12H2,(H,19,20). The first-order valence-electron chi connectivity index (χ1n) is 8.23. The number of piperidine rings is 1. The average molecular weight is 337 g/mol. The minimum atomic E-state index is -3.27. The smallest absolute Gasteiger partial charge is 0.306 e. The van der Waals surface area contributed by atoms with E-state index in [1.54, 1.807) is 0 Å². The molecule has 0 aromatic heterocycles. The maximum absolute atomic E-state index is 12.5. The van der Waals surface area contributed by atoms with E-state index in [0.29, 0.717) is 38.3 Å². The topological polar surface area (TPSA) is 74.7 Å². The summed E-state index contributed by atoms with van der Waals surface area (Å²) >= 11 is 0. The second kappa shape index (κ2) is 6.61. The number of aliphatic carboxylic acids is 1. The predicted octanol–water partition coefficient (Wildman–Crippen LogP) is 1.92. The average Bonchev–Trinajstić information content (AvgIpc) is 2.96. The number of nitrogens with zero attached hydrogens (tertiary/aromatic N) is 1. The number of hydrogen-bond donors (Lipinski definition) is 1. The van der Waals surface area contributed by atoms with Crippen LogP contribution in [0.4, 0.5) is 0 Å². The lowest BCUT2D eigenvalue weighted by Crippen LogP contribution is -2.41. The van der Waals surface area contributed by atoms with Crippen molar-refractivity contribution < 1.29 is 18.3 Å². The van der Waals surface area contributed by atoms with Crippen LogP contribution < -0.4 is 0 Å². The molecule has 1 aliphatic heterocycles. The molecule has 0 saturated carbocycles. The first kappa shape index (κ1) is 16.5. The van der Waals surface area contributed by atoms with Gasteiger partial charge in [-0.2, -0.15) is 0 Å². The zero-order valence-corrected chi connectivity index (χ0v) is 14.0. The van der Waals surface area contributed by atoms with Gasteiger partial charge in [0, 0.05) is 13.1 Å². The monoisotopic (exact) mass is 337 g/mol. The third-order valence-electron chi connectivity index (χ3n) is 5.12. The molecule has 23 heavy (non-hydrogen) atoms. The van der Waals surface area contributed by atoms with Crippen molar-refractivity contribution in [1.29, 1.82) is 0 Å². The van der Waals surface area contributed by atoms with Crippen LogP contribution in [0.5, 0.6) is 0 Å². The Kier molecular flexibility index (Phi) is 4.73. The lowest BCUT2D eigenvalue weighted by atomic mass is 9.99. The van der Waals surface area contributed by atoms with Gasteiger partial charge in [0.2, 0.25) is 10.0 Å². The lowest BCUT2D eigenvalue weighted by Gasteiger charge is -2.29. The largest absolute Gasteiger partial charge is 0.481 e. The number of hydrogen-bond acceptors (Lipinski definition) is 3. The molecule has 1 fully saturated rings. The summed E-state index contributed by atoms with van der Waals surface area (Å²) in [5, 5.41) is 8.99. The van der Waals surface area contributed by atoms with Crippen molar-refractivity contribution >= 4 is 16.0 Å². The number of rotatable bonds is 5. The van der Waals surface area contributed by atoms with Gasteiger partial charge >= 0.3 is 5.97 Å². The molecule has 2 aliphatic rings. The molecule has 1 aromatic carbocycles. The number of benzene rings is 1. The van der Waals surface area contributed by atoms with Crippen LogP contribution in [0.25, 0.3) is 0 Å². The Balaban J connectivity index is 1.51. The number of fused-ring (bicyclic) bond motifs is 1. The second-order valence-corrected chi connectivity index (χ2v) is 8.75. The Morgan fingerprint density at radius 1 is 1.13 bits per heavy atom. The van der Waals surface area contributed by atoms with Gasteiger partial charge in [-0.3, -0.25) is 4.79 Å². The van der Waals surface area contributed by atoms with Gasteiger partial charge in [0.05, 0.1) is 11.7 Å². The SMILES string of the molecule is O=C(O)C1CCN(S(=O)(=O)CCC2Cc3ccccc3C2)CC1. The maximum Gasteiger partial charge on any atom is 0.306 e. The van der Waals surface area contributed by atoms with Gasteiger partial charge in [0.15, 0.2) is 0 Å². The molecule has 1 heterocycles. The molecule has 1 N–H and O–H groups in total. The third kappa shape index (κ3) is 3.75. The zero-order valence-electron chi connectivity index (χ0n) is 13.1. The Hall–Kier alpha value is -1.40. The Labute approximate surface area is 137 Å². The van der Waals surface area contributed by atoms with E-state index in [4.69, 9.17) is 5.11 Å². The Bertz CT molecular complexity index is 653. The van der Waals surface area contributed by atoms with E-state index >= 15 is 0 Å². The summed E-state index contributed by atoms with van der Waals surface area (Å²) in [4.78, 5) is 11.0. The van der Waals surface area contributed by atoms with Gasteiger partial charge in [-0.25, -0.2) is 12.7 Å². The molecule has 0 amide bonds. The van der Waals surface area contributed by atoms with E-state index in [0.717, 1.165) is 12.8 Å². The van der Waals surface area contributed by atoms with Crippen LogP contribution in [0.1, 0.15) is 30.4 Å². The zero-order chi connectivity index (χ0) is 16.4. The summed E-state index contributed by atoms with van der Waals surface area (Å²) in [5.41, 5.74) is 2.69. The minimum absolute atomic E-state index is 0.170. The summed E-state index contributed by atoms with van der Waals surface area (Å²) in [6.07, 6.45) is 3.45. The fraction of sp³-hybridized carbons (Fsp3) is 0.588. The van der Waals surface area contributed by atoms with Crippen LogP contribution in [-0.4, -0.2) is 42.6 Å². The highest BCUT2D eigenvalue weighted by Crippen LogP contribution is 2.29. The van der Waals surface area contributed by atoms with Crippen LogP contribution in [0.15, 0.2) is 24.3 Å². The molecule has 126 valence electrons. The maximum atomic E-state index is 12.5. The second-order valence-electron chi connectivity index (χ2n) is 6.66. The van der Waals surface area contributed by atoms with E-state index in [9.17, 15) is 13.2 Å². The Morgan fingerprint density at radius 3 is 2.22 bits per heavy atom. The number of carbonyl (C=O) groups is 1. The molecule has 1 aliphatic carbocycles. The molecule has 1 aromatic rings. The van der Waals surface area contributed by atoms with Gasteiger partial charge in [0.1, 0.15) is 0 Å². The molecule has 0 radical (unpaired) electrons. The molecule has 0 atom stereocenters. The highest BCUT2D eigenvalue weighted by atomic mass is 32.2. The van der Waals surface area contributed by atoms with Gasteiger partial charge in [0.25, 0.3) is 0 Å². The molecular formula is C17H23NO4S. The van der Waals surface area contributed by atoms with E-state index < -0.39 is 21.9 Å². The van der Waals surface area contributed by atoms with Crippen molar-refractivity contribution in [3.05, 3.63) is 35.4 Å². The highest BCUT2D eigenvalue weighted by molar-refractivity contribution is 7.89. The number of carboxylic acid groups (broad SMARTS) is 1. The van der Waals surface area contributed by atoms with Gasteiger partial charge in [-0.05, 0) is 49.1 Å². The summed E-state index contributed by atoms with van der Waals surface area (Å²) in [6, 6.07) is 8.32. The van der Waals surface area contributed by atoms with Crippen LogP contribution in [0.3, 0.4) is 0 Å². The van der Waals surface area contributed by atoms with E-state index in [-0.39, 0.29) is 5.75 Å². The molecule has 0 bridgehead atoms. The number of carboxylic acids is 1. The molecule has 5 nitrogen and oxygen atoms in total. The molecular weight excluding hydrogens is 314 g/mol. The summed E-state index contributed by atoms with van der Waals surface area (Å²) in [7, 11) is -3.27. The molecule has 3 rings (SSSR count). The van der Waals surface area contributed by atoms with Gasteiger partial charge in [-0.1, -0.05) is 24.3 Å². The van der Waals surface area contributed by atoms with Crippen molar-refractivity contribution in [2.45, 2.75) is 32.1 Å².